The summed E-state index contributed by atoms with van der Waals surface area (Å²) in [5, 5.41) is 15.7. The fraction of sp³-hybridized carbons (Fsp3) is 0.143. The van der Waals surface area contributed by atoms with Crippen LogP contribution in [0.25, 0.3) is 0 Å². The Balaban J connectivity index is 2.10. The Morgan fingerprint density at radius 2 is 2.07 bits per heavy atom. The molecule has 29 heavy (non-hydrogen) atoms. The van der Waals surface area contributed by atoms with Crippen molar-refractivity contribution in [1.82, 2.24) is 5.32 Å². The molecule has 1 atom stereocenters. The number of carbonyl (C=O) groups excluding carboxylic acids is 1. The smallest absolute Gasteiger partial charge is 0.254 e. The first-order chi connectivity index (χ1) is 13.9. The number of para-hydroxylation sites is 2. The molecule has 1 amide bonds. The first-order valence-corrected chi connectivity index (χ1v) is 9.81. The molecule has 1 heterocycles. The van der Waals surface area contributed by atoms with Crippen LogP contribution in [0, 0.1) is 17.1 Å². The first kappa shape index (κ1) is 21.0. The summed E-state index contributed by atoms with van der Waals surface area (Å²) in [6.45, 7) is 1.69. The zero-order chi connectivity index (χ0) is 21.1. The van der Waals surface area contributed by atoms with Crippen molar-refractivity contribution in [3.8, 4) is 11.8 Å². The molecule has 0 spiro atoms. The van der Waals surface area contributed by atoms with Crippen LogP contribution in [-0.4, -0.2) is 13.0 Å². The van der Waals surface area contributed by atoms with Gasteiger partial charge in [0.05, 0.1) is 35.4 Å². The molecule has 2 N–H and O–H groups in total. The van der Waals surface area contributed by atoms with Gasteiger partial charge in [0, 0.05) is 21.3 Å². The van der Waals surface area contributed by atoms with Crippen molar-refractivity contribution < 1.29 is 13.9 Å². The standard InChI is InChI=1S/C21H17BrFN3O2S/c1-11-18(20(27)26-16-5-3-4-6-17(16)28-2)19(14(10-24)21(29)25-11)13-8-7-12(22)9-15(13)23/h3-9,19,25,29H,1-2H3,(H,26,27). The lowest BCUT2D eigenvalue weighted by molar-refractivity contribution is -0.113. The second-order valence-electron chi connectivity index (χ2n) is 6.29. The van der Waals surface area contributed by atoms with E-state index in [9.17, 15) is 14.4 Å². The lowest BCUT2D eigenvalue weighted by atomic mass is 9.82. The van der Waals surface area contributed by atoms with E-state index in [2.05, 4.69) is 45.3 Å². The Bertz CT molecular complexity index is 1090. The largest absolute Gasteiger partial charge is 0.495 e. The van der Waals surface area contributed by atoms with E-state index in [1.807, 2.05) is 0 Å². The van der Waals surface area contributed by atoms with Gasteiger partial charge in [-0.3, -0.25) is 4.79 Å². The lowest BCUT2D eigenvalue weighted by Gasteiger charge is -2.29. The molecule has 148 valence electrons. The van der Waals surface area contributed by atoms with Gasteiger partial charge >= 0.3 is 0 Å². The van der Waals surface area contributed by atoms with Gasteiger partial charge in [-0.25, -0.2) is 4.39 Å². The van der Waals surface area contributed by atoms with Crippen molar-refractivity contribution in [2.75, 3.05) is 12.4 Å². The highest BCUT2D eigenvalue weighted by atomic mass is 79.9. The Morgan fingerprint density at radius 3 is 2.72 bits per heavy atom. The van der Waals surface area contributed by atoms with Crippen molar-refractivity contribution >= 4 is 40.2 Å². The lowest BCUT2D eigenvalue weighted by Crippen LogP contribution is -2.30. The second-order valence-corrected chi connectivity index (χ2v) is 7.65. The van der Waals surface area contributed by atoms with Gasteiger partial charge in [-0.1, -0.05) is 34.1 Å². The number of allylic oxidation sites excluding steroid dienone is 2. The minimum Gasteiger partial charge on any atom is -0.495 e. The van der Waals surface area contributed by atoms with Gasteiger partial charge < -0.3 is 15.4 Å². The molecule has 0 fully saturated rings. The van der Waals surface area contributed by atoms with Crippen molar-refractivity contribution in [2.45, 2.75) is 12.8 Å². The number of nitrogens with zero attached hydrogens (tertiary/aromatic N) is 1. The Kier molecular flexibility index (Phi) is 6.30. The normalized spacial score (nSPS) is 16.2. The number of dihydropyridines is 1. The van der Waals surface area contributed by atoms with Crippen molar-refractivity contribution in [3.05, 3.63) is 80.2 Å². The number of rotatable bonds is 4. The van der Waals surface area contributed by atoms with Crippen LogP contribution in [0.4, 0.5) is 10.1 Å². The average molecular weight is 474 g/mol. The SMILES string of the molecule is COc1ccccc1NC(=O)C1=C(C)NC(S)=C(C#N)C1c1ccc(Br)cc1F. The third-order valence-electron chi connectivity index (χ3n) is 4.54. The number of benzene rings is 2. The molecule has 1 unspecified atom stereocenters. The number of ether oxygens (including phenoxy) is 1. The van der Waals surface area contributed by atoms with Gasteiger partial charge in [-0.15, -0.1) is 12.6 Å². The maximum atomic E-state index is 14.8. The number of carbonyl (C=O) groups is 1. The maximum absolute atomic E-state index is 14.8. The number of anilines is 1. The van der Waals surface area contributed by atoms with E-state index >= 15 is 0 Å². The summed E-state index contributed by atoms with van der Waals surface area (Å²) >= 11 is 7.56. The van der Waals surface area contributed by atoms with E-state index in [0.29, 0.717) is 21.6 Å². The van der Waals surface area contributed by atoms with Gasteiger partial charge in [0.15, 0.2) is 0 Å². The molecular weight excluding hydrogens is 457 g/mol. The predicted molar refractivity (Wildman–Crippen MR) is 116 cm³/mol. The highest BCUT2D eigenvalue weighted by Crippen LogP contribution is 2.40. The number of thiol groups is 1. The summed E-state index contributed by atoms with van der Waals surface area (Å²) in [4.78, 5) is 13.2. The highest BCUT2D eigenvalue weighted by Gasteiger charge is 2.35. The van der Waals surface area contributed by atoms with Crippen molar-refractivity contribution in [3.63, 3.8) is 0 Å². The molecule has 0 saturated heterocycles. The fourth-order valence-corrected chi connectivity index (χ4v) is 3.89. The van der Waals surface area contributed by atoms with Gasteiger partial charge in [0.25, 0.3) is 5.91 Å². The molecule has 1 aliphatic heterocycles. The number of nitrogens with one attached hydrogen (secondary N) is 2. The first-order valence-electron chi connectivity index (χ1n) is 8.57. The minimum atomic E-state index is -0.906. The summed E-state index contributed by atoms with van der Waals surface area (Å²) < 4.78 is 20.6. The maximum Gasteiger partial charge on any atom is 0.254 e. The number of amides is 1. The number of hydrogen-bond donors (Lipinski definition) is 3. The van der Waals surface area contributed by atoms with E-state index in [1.165, 1.54) is 13.2 Å². The van der Waals surface area contributed by atoms with Gasteiger partial charge in [0.2, 0.25) is 0 Å². The molecule has 5 nitrogen and oxygen atoms in total. The Morgan fingerprint density at radius 1 is 1.34 bits per heavy atom. The van der Waals surface area contributed by atoms with Crippen LogP contribution in [0.1, 0.15) is 18.4 Å². The minimum absolute atomic E-state index is 0.158. The zero-order valence-electron chi connectivity index (χ0n) is 15.6. The van der Waals surface area contributed by atoms with Crippen LogP contribution in [0.5, 0.6) is 5.75 Å². The monoisotopic (exact) mass is 473 g/mol. The molecule has 0 bridgehead atoms. The average Bonchev–Trinajstić information content (AvgIpc) is 2.68. The molecule has 3 rings (SSSR count). The molecule has 0 aliphatic carbocycles. The molecular formula is C21H17BrFN3O2S. The summed E-state index contributed by atoms with van der Waals surface area (Å²) in [5.41, 5.74) is 1.54. The van der Waals surface area contributed by atoms with Gasteiger partial charge in [-0.05, 0) is 31.2 Å². The van der Waals surface area contributed by atoms with Crippen LogP contribution in [0.15, 0.2) is 68.8 Å². The topological polar surface area (TPSA) is 74.2 Å². The summed E-state index contributed by atoms with van der Waals surface area (Å²) in [5.74, 6) is -1.42. The Labute approximate surface area is 181 Å². The van der Waals surface area contributed by atoms with E-state index in [-0.39, 0.29) is 21.7 Å². The molecule has 1 aliphatic rings. The fourth-order valence-electron chi connectivity index (χ4n) is 3.21. The zero-order valence-corrected chi connectivity index (χ0v) is 18.1. The van der Waals surface area contributed by atoms with E-state index in [0.717, 1.165) is 0 Å². The van der Waals surface area contributed by atoms with Crippen LogP contribution in [0.2, 0.25) is 0 Å². The summed E-state index contributed by atoms with van der Waals surface area (Å²) in [6.07, 6.45) is 0. The summed E-state index contributed by atoms with van der Waals surface area (Å²) in [6, 6.07) is 13.5. The number of nitriles is 1. The third kappa shape index (κ3) is 4.16. The summed E-state index contributed by atoms with van der Waals surface area (Å²) in [7, 11) is 1.50. The van der Waals surface area contributed by atoms with Crippen LogP contribution < -0.4 is 15.4 Å². The van der Waals surface area contributed by atoms with Crippen LogP contribution in [0.3, 0.4) is 0 Å². The van der Waals surface area contributed by atoms with Gasteiger partial charge in [0.1, 0.15) is 11.6 Å². The van der Waals surface area contributed by atoms with Crippen LogP contribution in [-0.2, 0) is 4.79 Å². The number of halogens is 2. The number of hydrogen-bond acceptors (Lipinski definition) is 5. The second kappa shape index (κ2) is 8.72. The molecule has 0 radical (unpaired) electrons. The molecule has 0 saturated carbocycles. The predicted octanol–water partition coefficient (Wildman–Crippen LogP) is 4.86. The quantitative estimate of drug-likeness (QED) is 0.554. The highest BCUT2D eigenvalue weighted by molar-refractivity contribution is 9.10. The Hall–Kier alpha value is -2.76. The molecule has 2 aromatic carbocycles. The van der Waals surface area contributed by atoms with Crippen molar-refractivity contribution in [1.29, 1.82) is 5.26 Å². The van der Waals surface area contributed by atoms with Gasteiger partial charge in [-0.2, -0.15) is 5.26 Å². The molecule has 8 heteroatoms. The van der Waals surface area contributed by atoms with Crippen LogP contribution >= 0.6 is 28.6 Å². The van der Waals surface area contributed by atoms with E-state index in [4.69, 9.17) is 4.74 Å². The van der Waals surface area contributed by atoms with Crippen molar-refractivity contribution in [2.24, 2.45) is 0 Å². The molecule has 2 aromatic rings. The van der Waals surface area contributed by atoms with E-state index in [1.54, 1.807) is 43.3 Å². The number of methoxy groups -OCH3 is 1. The third-order valence-corrected chi connectivity index (χ3v) is 5.38. The van der Waals surface area contributed by atoms with E-state index < -0.39 is 17.6 Å². The molecule has 0 aromatic heterocycles.